The lowest BCUT2D eigenvalue weighted by molar-refractivity contribution is -0.384. The molecule has 0 fully saturated rings. The third-order valence-electron chi connectivity index (χ3n) is 2.32. The first-order valence-corrected chi connectivity index (χ1v) is 5.01. The van der Waals surface area contributed by atoms with Gasteiger partial charge in [-0.1, -0.05) is 0 Å². The van der Waals surface area contributed by atoms with Crippen molar-refractivity contribution >= 4 is 11.6 Å². The van der Waals surface area contributed by atoms with Crippen LogP contribution in [0.25, 0.3) is 0 Å². The second-order valence-electron chi connectivity index (χ2n) is 3.57. The van der Waals surface area contributed by atoms with Crippen LogP contribution in [0.4, 0.5) is 5.69 Å². The zero-order valence-corrected chi connectivity index (χ0v) is 9.45. The van der Waals surface area contributed by atoms with E-state index in [4.69, 9.17) is 0 Å². The summed E-state index contributed by atoms with van der Waals surface area (Å²) in [5, 5.41) is 19.4. The van der Waals surface area contributed by atoms with Gasteiger partial charge in [0.25, 0.3) is 11.6 Å². The Kier molecular flexibility index (Phi) is 3.04. The van der Waals surface area contributed by atoms with Gasteiger partial charge in [-0.15, -0.1) is 0 Å². The Balaban J connectivity index is 2.06. The average molecular weight is 250 g/mol. The molecule has 0 aliphatic rings. The number of carbonyl (C=O) groups excluding carboxylic acids is 1. The predicted molar refractivity (Wildman–Crippen MR) is 59.6 cm³/mol. The first-order chi connectivity index (χ1) is 8.58. The predicted octanol–water partition coefficient (Wildman–Crippen LogP) is -0.0186. The van der Waals surface area contributed by atoms with E-state index in [2.05, 4.69) is 20.5 Å². The minimum absolute atomic E-state index is 0.123. The van der Waals surface area contributed by atoms with Gasteiger partial charge < -0.3 is 9.88 Å². The van der Waals surface area contributed by atoms with E-state index < -0.39 is 10.8 Å². The highest BCUT2D eigenvalue weighted by Crippen LogP contribution is 2.14. The third-order valence-corrected chi connectivity index (χ3v) is 2.32. The zero-order valence-electron chi connectivity index (χ0n) is 9.45. The van der Waals surface area contributed by atoms with Gasteiger partial charge in [0.2, 0.25) is 0 Å². The lowest BCUT2D eigenvalue weighted by Crippen LogP contribution is -2.25. The highest BCUT2D eigenvalue weighted by Gasteiger charge is 2.17. The Morgan fingerprint density at radius 2 is 2.44 bits per heavy atom. The van der Waals surface area contributed by atoms with Crippen LogP contribution in [0.3, 0.4) is 0 Å². The molecule has 2 rings (SSSR count). The van der Waals surface area contributed by atoms with Crippen LogP contribution < -0.4 is 5.32 Å². The quantitative estimate of drug-likeness (QED) is 0.583. The number of nitrogens with one attached hydrogen (secondary N) is 2. The SMILES string of the molecule is Cn1cc([N+](=O)[O-])cc1C(=O)NCc1ncn[nH]1. The number of aromatic nitrogens is 4. The summed E-state index contributed by atoms with van der Waals surface area (Å²) in [5.74, 6) is 0.0917. The Bertz CT molecular complexity index is 573. The summed E-state index contributed by atoms with van der Waals surface area (Å²) in [6.07, 6.45) is 2.61. The smallest absolute Gasteiger partial charge is 0.287 e. The Morgan fingerprint density at radius 3 is 3.00 bits per heavy atom. The molecule has 2 aromatic heterocycles. The zero-order chi connectivity index (χ0) is 13.1. The van der Waals surface area contributed by atoms with Crippen molar-refractivity contribution < 1.29 is 9.72 Å². The van der Waals surface area contributed by atoms with Gasteiger partial charge in [0.15, 0.2) is 0 Å². The van der Waals surface area contributed by atoms with Crippen molar-refractivity contribution in [3.05, 3.63) is 40.2 Å². The van der Waals surface area contributed by atoms with Crippen molar-refractivity contribution in [1.29, 1.82) is 0 Å². The number of carbonyl (C=O) groups is 1. The van der Waals surface area contributed by atoms with E-state index in [1.54, 1.807) is 7.05 Å². The van der Waals surface area contributed by atoms with Crippen LogP contribution in [0, 0.1) is 10.1 Å². The number of amides is 1. The van der Waals surface area contributed by atoms with Crippen molar-refractivity contribution in [3.63, 3.8) is 0 Å². The van der Waals surface area contributed by atoms with Gasteiger partial charge in [-0.2, -0.15) is 5.10 Å². The average Bonchev–Trinajstić information content (AvgIpc) is 2.94. The molecule has 0 aliphatic heterocycles. The molecular formula is C9H10N6O3. The van der Waals surface area contributed by atoms with Gasteiger partial charge in [-0.25, -0.2) is 4.98 Å². The largest absolute Gasteiger partial charge is 0.343 e. The molecule has 0 saturated heterocycles. The van der Waals surface area contributed by atoms with E-state index in [1.165, 1.54) is 23.2 Å². The van der Waals surface area contributed by atoms with Gasteiger partial charge in [0, 0.05) is 13.1 Å². The van der Waals surface area contributed by atoms with Crippen molar-refractivity contribution in [2.24, 2.45) is 7.05 Å². The monoisotopic (exact) mass is 250 g/mol. The second kappa shape index (κ2) is 4.65. The molecule has 2 aromatic rings. The normalized spacial score (nSPS) is 10.3. The van der Waals surface area contributed by atoms with Gasteiger partial charge in [-0.3, -0.25) is 20.0 Å². The number of nitro groups is 1. The lowest BCUT2D eigenvalue weighted by atomic mass is 10.4. The summed E-state index contributed by atoms with van der Waals surface area (Å²) in [7, 11) is 1.57. The Labute approximate surface area is 101 Å². The summed E-state index contributed by atoms with van der Waals surface area (Å²) >= 11 is 0. The van der Waals surface area contributed by atoms with Crippen molar-refractivity contribution in [2.75, 3.05) is 0 Å². The molecule has 2 heterocycles. The molecule has 0 spiro atoms. The number of nitrogens with zero attached hydrogens (tertiary/aromatic N) is 4. The molecule has 0 unspecified atom stereocenters. The molecule has 9 nitrogen and oxygen atoms in total. The molecule has 2 N–H and O–H groups in total. The molecule has 9 heteroatoms. The number of hydrogen-bond acceptors (Lipinski definition) is 5. The van der Waals surface area contributed by atoms with Crippen molar-refractivity contribution in [3.8, 4) is 0 Å². The fourth-order valence-corrected chi connectivity index (χ4v) is 1.44. The van der Waals surface area contributed by atoms with Gasteiger partial charge >= 0.3 is 0 Å². The molecule has 0 saturated carbocycles. The number of rotatable bonds is 4. The summed E-state index contributed by atoms with van der Waals surface area (Å²) in [4.78, 5) is 25.6. The summed E-state index contributed by atoms with van der Waals surface area (Å²) in [5.41, 5.74) is 0.0866. The van der Waals surface area contributed by atoms with E-state index in [9.17, 15) is 14.9 Å². The number of aryl methyl sites for hydroxylation is 1. The minimum atomic E-state index is -0.548. The first kappa shape index (κ1) is 11.8. The number of hydrogen-bond donors (Lipinski definition) is 2. The maximum atomic E-state index is 11.8. The molecule has 94 valence electrons. The van der Waals surface area contributed by atoms with Crippen LogP contribution >= 0.6 is 0 Å². The fourth-order valence-electron chi connectivity index (χ4n) is 1.44. The second-order valence-corrected chi connectivity index (χ2v) is 3.57. The number of aromatic amines is 1. The Morgan fingerprint density at radius 1 is 1.67 bits per heavy atom. The first-order valence-electron chi connectivity index (χ1n) is 5.01. The van der Waals surface area contributed by atoms with Crippen LogP contribution in [0.15, 0.2) is 18.6 Å². The molecular weight excluding hydrogens is 240 g/mol. The summed E-state index contributed by atoms with van der Waals surface area (Å²) in [6, 6.07) is 1.22. The van der Waals surface area contributed by atoms with Gasteiger partial charge in [-0.05, 0) is 0 Å². The van der Waals surface area contributed by atoms with E-state index >= 15 is 0 Å². The highest BCUT2D eigenvalue weighted by molar-refractivity contribution is 5.93. The molecule has 0 atom stereocenters. The number of H-pyrrole nitrogens is 1. The van der Waals surface area contributed by atoms with E-state index in [0.29, 0.717) is 5.82 Å². The van der Waals surface area contributed by atoms with Crippen LogP contribution in [0.1, 0.15) is 16.3 Å². The molecule has 0 aliphatic carbocycles. The Hall–Kier alpha value is -2.71. The lowest BCUT2D eigenvalue weighted by Gasteiger charge is -2.03. The molecule has 1 amide bonds. The topological polar surface area (TPSA) is 119 Å². The van der Waals surface area contributed by atoms with E-state index in [0.717, 1.165) is 0 Å². The minimum Gasteiger partial charge on any atom is -0.343 e. The van der Waals surface area contributed by atoms with Crippen LogP contribution in [-0.4, -0.2) is 30.6 Å². The van der Waals surface area contributed by atoms with Crippen molar-refractivity contribution in [2.45, 2.75) is 6.54 Å². The molecule has 18 heavy (non-hydrogen) atoms. The fraction of sp³-hybridized carbons (Fsp3) is 0.222. The van der Waals surface area contributed by atoms with Crippen LogP contribution in [0.2, 0.25) is 0 Å². The van der Waals surface area contributed by atoms with Crippen LogP contribution in [0.5, 0.6) is 0 Å². The van der Waals surface area contributed by atoms with Crippen molar-refractivity contribution in [1.82, 2.24) is 25.1 Å². The standard InChI is InChI=1S/C9H10N6O3/c1-14-4-6(15(17)18)2-7(14)9(16)10-3-8-11-5-12-13-8/h2,4-5H,3H2,1H3,(H,10,16)(H,11,12,13). The highest BCUT2D eigenvalue weighted by atomic mass is 16.6. The third kappa shape index (κ3) is 2.34. The maximum absolute atomic E-state index is 11.8. The van der Waals surface area contributed by atoms with Gasteiger partial charge in [0.1, 0.15) is 17.8 Å². The van der Waals surface area contributed by atoms with E-state index in [1.807, 2.05) is 0 Å². The molecule has 0 aromatic carbocycles. The summed E-state index contributed by atoms with van der Waals surface area (Å²) in [6.45, 7) is 0.178. The maximum Gasteiger partial charge on any atom is 0.287 e. The molecule has 0 radical (unpaired) electrons. The summed E-state index contributed by atoms with van der Waals surface area (Å²) < 4.78 is 1.40. The van der Waals surface area contributed by atoms with Gasteiger partial charge in [0.05, 0.1) is 17.7 Å². The van der Waals surface area contributed by atoms with E-state index in [-0.39, 0.29) is 17.9 Å². The van der Waals surface area contributed by atoms with Crippen LogP contribution in [-0.2, 0) is 13.6 Å². The molecule has 0 bridgehead atoms.